The van der Waals surface area contributed by atoms with E-state index in [1.165, 1.54) is 10.9 Å². The summed E-state index contributed by atoms with van der Waals surface area (Å²) in [5.74, 6) is 1.48. The number of benzene rings is 1. The van der Waals surface area contributed by atoms with Gasteiger partial charge in [-0.15, -0.1) is 0 Å². The third-order valence-corrected chi connectivity index (χ3v) is 3.45. The van der Waals surface area contributed by atoms with Gasteiger partial charge in [-0.3, -0.25) is 0 Å². The molecule has 0 radical (unpaired) electrons. The first-order chi connectivity index (χ1) is 7.11. The van der Waals surface area contributed by atoms with Crippen LogP contribution in [0.1, 0.15) is 31.1 Å². The van der Waals surface area contributed by atoms with Crippen LogP contribution in [0.15, 0.2) is 27.1 Å². The number of hydrogen-bond donors (Lipinski definition) is 0. The van der Waals surface area contributed by atoms with Gasteiger partial charge < -0.3 is 4.42 Å². The van der Waals surface area contributed by atoms with E-state index in [0.29, 0.717) is 5.92 Å². The minimum Gasteiger partial charge on any atom is -0.460 e. The highest BCUT2D eigenvalue weighted by atomic mass is 79.9. The number of halogens is 2. The van der Waals surface area contributed by atoms with E-state index in [0.717, 1.165) is 21.1 Å². The first kappa shape index (κ1) is 11.2. The van der Waals surface area contributed by atoms with Gasteiger partial charge in [0, 0.05) is 26.7 Å². The van der Waals surface area contributed by atoms with Gasteiger partial charge in [0.05, 0.1) is 0 Å². The number of rotatable bonds is 2. The van der Waals surface area contributed by atoms with Gasteiger partial charge in [0.15, 0.2) is 0 Å². The van der Waals surface area contributed by atoms with Crippen LogP contribution < -0.4 is 0 Å². The predicted molar refractivity (Wildman–Crippen MR) is 70.6 cm³/mol. The Hall–Kier alpha value is -0.280. The van der Waals surface area contributed by atoms with E-state index in [1.807, 2.05) is 0 Å². The highest BCUT2D eigenvalue weighted by molar-refractivity contribution is 9.10. The van der Waals surface area contributed by atoms with Gasteiger partial charge in [-0.2, -0.15) is 0 Å². The SMILES string of the molecule is CC(C)c1cc2cc(Br)cc(CBr)c2o1. The molecule has 0 unspecified atom stereocenters. The Morgan fingerprint density at radius 2 is 2.00 bits per heavy atom. The number of hydrogen-bond acceptors (Lipinski definition) is 1. The van der Waals surface area contributed by atoms with Gasteiger partial charge in [0.25, 0.3) is 0 Å². The van der Waals surface area contributed by atoms with Crippen molar-refractivity contribution in [2.45, 2.75) is 25.1 Å². The fourth-order valence-electron chi connectivity index (χ4n) is 1.59. The Kier molecular flexibility index (Phi) is 3.21. The highest BCUT2D eigenvalue weighted by Crippen LogP contribution is 2.31. The molecule has 80 valence electrons. The Bertz CT molecular complexity index is 486. The largest absolute Gasteiger partial charge is 0.460 e. The fraction of sp³-hybridized carbons (Fsp3) is 0.333. The van der Waals surface area contributed by atoms with E-state index in [9.17, 15) is 0 Å². The van der Waals surface area contributed by atoms with Crippen LogP contribution in [0.25, 0.3) is 11.0 Å². The lowest BCUT2D eigenvalue weighted by atomic mass is 10.1. The van der Waals surface area contributed by atoms with Crippen molar-refractivity contribution < 1.29 is 4.42 Å². The Balaban J connectivity index is 2.68. The molecule has 0 fully saturated rings. The maximum atomic E-state index is 5.86. The second-order valence-corrected chi connectivity index (χ2v) is 5.40. The Morgan fingerprint density at radius 3 is 2.60 bits per heavy atom. The van der Waals surface area contributed by atoms with E-state index in [1.54, 1.807) is 0 Å². The minimum atomic E-state index is 0.430. The van der Waals surface area contributed by atoms with Gasteiger partial charge in [0.2, 0.25) is 0 Å². The van der Waals surface area contributed by atoms with Crippen molar-refractivity contribution in [3.8, 4) is 0 Å². The van der Waals surface area contributed by atoms with E-state index >= 15 is 0 Å². The summed E-state index contributed by atoms with van der Waals surface area (Å²) in [7, 11) is 0. The molecule has 0 amide bonds. The van der Waals surface area contributed by atoms with E-state index < -0.39 is 0 Å². The topological polar surface area (TPSA) is 13.1 Å². The summed E-state index contributed by atoms with van der Waals surface area (Å²) in [6.07, 6.45) is 0. The summed E-state index contributed by atoms with van der Waals surface area (Å²) < 4.78 is 6.95. The molecule has 1 aromatic heterocycles. The molecule has 0 aliphatic heterocycles. The molecule has 0 saturated carbocycles. The normalized spacial score (nSPS) is 11.5. The molecule has 1 aromatic carbocycles. The van der Waals surface area contributed by atoms with Gasteiger partial charge >= 0.3 is 0 Å². The van der Waals surface area contributed by atoms with Crippen molar-refractivity contribution in [1.29, 1.82) is 0 Å². The minimum absolute atomic E-state index is 0.430. The molecule has 0 bridgehead atoms. The Labute approximate surface area is 106 Å². The third kappa shape index (κ3) is 2.13. The van der Waals surface area contributed by atoms with Gasteiger partial charge in [-0.25, -0.2) is 0 Å². The van der Waals surface area contributed by atoms with Crippen LogP contribution in [-0.2, 0) is 5.33 Å². The highest BCUT2D eigenvalue weighted by Gasteiger charge is 2.11. The van der Waals surface area contributed by atoms with Gasteiger partial charge in [-0.1, -0.05) is 45.7 Å². The van der Waals surface area contributed by atoms with Crippen molar-refractivity contribution in [2.75, 3.05) is 0 Å². The Morgan fingerprint density at radius 1 is 1.27 bits per heavy atom. The molecule has 0 atom stereocenters. The van der Waals surface area contributed by atoms with Crippen LogP contribution in [0.2, 0.25) is 0 Å². The molecule has 0 aliphatic rings. The molecule has 0 aliphatic carbocycles. The van der Waals surface area contributed by atoms with Crippen LogP contribution in [0.5, 0.6) is 0 Å². The second kappa shape index (κ2) is 4.30. The molecule has 0 N–H and O–H groups in total. The summed E-state index contributed by atoms with van der Waals surface area (Å²) in [5, 5.41) is 1.98. The predicted octanol–water partition coefficient (Wildman–Crippen LogP) is 5.21. The summed E-state index contributed by atoms with van der Waals surface area (Å²) in [4.78, 5) is 0. The monoisotopic (exact) mass is 330 g/mol. The summed E-state index contributed by atoms with van der Waals surface area (Å²) in [5.41, 5.74) is 2.19. The second-order valence-electron chi connectivity index (χ2n) is 3.92. The van der Waals surface area contributed by atoms with Crippen LogP contribution in [0.3, 0.4) is 0 Å². The first-order valence-electron chi connectivity index (χ1n) is 4.89. The fourth-order valence-corrected chi connectivity index (χ4v) is 2.53. The average molecular weight is 332 g/mol. The quantitative estimate of drug-likeness (QED) is 0.688. The van der Waals surface area contributed by atoms with Crippen LogP contribution in [0, 0.1) is 0 Å². The van der Waals surface area contributed by atoms with Crippen molar-refractivity contribution in [3.05, 3.63) is 34.0 Å². The molecule has 2 aromatic rings. The molecule has 2 rings (SSSR count). The maximum Gasteiger partial charge on any atom is 0.138 e. The first-order valence-corrected chi connectivity index (χ1v) is 6.81. The van der Waals surface area contributed by atoms with Crippen LogP contribution in [0.4, 0.5) is 0 Å². The molecule has 0 saturated heterocycles. The van der Waals surface area contributed by atoms with Gasteiger partial charge in [0.1, 0.15) is 11.3 Å². The lowest BCUT2D eigenvalue weighted by Gasteiger charge is -1.99. The lowest BCUT2D eigenvalue weighted by molar-refractivity contribution is 0.520. The zero-order valence-electron chi connectivity index (χ0n) is 8.68. The molecular formula is C12H12Br2O. The number of alkyl halides is 1. The van der Waals surface area contributed by atoms with E-state index in [-0.39, 0.29) is 0 Å². The summed E-state index contributed by atoms with van der Waals surface area (Å²) >= 11 is 6.99. The summed E-state index contributed by atoms with van der Waals surface area (Å²) in [6, 6.07) is 6.30. The van der Waals surface area contributed by atoms with Crippen molar-refractivity contribution in [1.82, 2.24) is 0 Å². The zero-order chi connectivity index (χ0) is 11.0. The van der Waals surface area contributed by atoms with E-state index in [4.69, 9.17) is 4.42 Å². The summed E-state index contributed by atoms with van der Waals surface area (Å²) in [6.45, 7) is 4.28. The maximum absolute atomic E-state index is 5.86. The van der Waals surface area contributed by atoms with Crippen molar-refractivity contribution in [3.63, 3.8) is 0 Å². The standard InChI is InChI=1S/C12H12Br2O/c1-7(2)11-5-8-3-10(14)4-9(6-13)12(8)15-11/h3-5,7H,6H2,1-2H3. The number of fused-ring (bicyclic) bond motifs is 1. The van der Waals surface area contributed by atoms with Crippen molar-refractivity contribution in [2.24, 2.45) is 0 Å². The molecule has 1 nitrogen and oxygen atoms in total. The molecule has 15 heavy (non-hydrogen) atoms. The van der Waals surface area contributed by atoms with Crippen molar-refractivity contribution >= 4 is 42.8 Å². The van der Waals surface area contributed by atoms with Crippen LogP contribution >= 0.6 is 31.9 Å². The van der Waals surface area contributed by atoms with E-state index in [2.05, 4.69) is 63.9 Å². The number of furan rings is 1. The van der Waals surface area contributed by atoms with Crippen LogP contribution in [-0.4, -0.2) is 0 Å². The lowest BCUT2D eigenvalue weighted by Crippen LogP contribution is -1.80. The third-order valence-electron chi connectivity index (χ3n) is 2.39. The zero-order valence-corrected chi connectivity index (χ0v) is 11.9. The smallest absolute Gasteiger partial charge is 0.138 e. The molecule has 1 heterocycles. The molecular weight excluding hydrogens is 320 g/mol. The molecule has 0 spiro atoms. The van der Waals surface area contributed by atoms with Gasteiger partial charge in [-0.05, 0) is 18.2 Å². The molecule has 3 heteroatoms. The average Bonchev–Trinajstić information content (AvgIpc) is 2.59.